The summed E-state index contributed by atoms with van der Waals surface area (Å²) in [7, 11) is 1.55. The lowest BCUT2D eigenvalue weighted by Crippen LogP contribution is -2.45. The fraction of sp³-hybridized carbons (Fsp3) is 0.375. The molecule has 0 saturated carbocycles. The molecule has 0 heterocycles. The summed E-state index contributed by atoms with van der Waals surface area (Å²) in [5, 5.41) is 5.35. The number of nitrogens with one attached hydrogen (secondary N) is 2. The fourth-order valence-corrected chi connectivity index (χ4v) is 2.91. The largest absolute Gasteiger partial charge is 0.444 e. The molecule has 31 heavy (non-hydrogen) atoms. The quantitative estimate of drug-likeness (QED) is 0.712. The minimum atomic E-state index is -0.836. The molecule has 7 nitrogen and oxygen atoms in total. The molecule has 0 aliphatic rings. The van der Waals surface area contributed by atoms with Crippen molar-refractivity contribution in [1.82, 2.24) is 15.5 Å². The SMILES string of the molecule is Cc1ccc(C(C(=O)NCc2ccccc2)N(C)C(=O)CNC(=O)OC(C)(C)C)cc1. The van der Waals surface area contributed by atoms with Crippen molar-refractivity contribution in [2.45, 2.75) is 45.9 Å². The van der Waals surface area contributed by atoms with E-state index < -0.39 is 23.6 Å². The van der Waals surface area contributed by atoms with Gasteiger partial charge in [0.1, 0.15) is 18.2 Å². The lowest BCUT2D eigenvalue weighted by molar-refractivity contribution is -0.138. The van der Waals surface area contributed by atoms with Crippen LogP contribution in [0.5, 0.6) is 0 Å². The number of rotatable bonds is 7. The van der Waals surface area contributed by atoms with Crippen molar-refractivity contribution in [1.29, 1.82) is 0 Å². The first-order valence-corrected chi connectivity index (χ1v) is 10.2. The monoisotopic (exact) mass is 425 g/mol. The Balaban J connectivity index is 2.11. The van der Waals surface area contributed by atoms with E-state index in [-0.39, 0.29) is 12.5 Å². The molecule has 0 aliphatic carbocycles. The zero-order valence-corrected chi connectivity index (χ0v) is 18.8. The highest BCUT2D eigenvalue weighted by Gasteiger charge is 2.29. The Kier molecular flexibility index (Phi) is 8.19. The van der Waals surface area contributed by atoms with Crippen LogP contribution in [0.3, 0.4) is 0 Å². The van der Waals surface area contributed by atoms with Crippen LogP contribution in [0.15, 0.2) is 54.6 Å². The third-order valence-electron chi connectivity index (χ3n) is 4.51. The second-order valence-corrected chi connectivity index (χ2v) is 8.38. The van der Waals surface area contributed by atoms with E-state index in [4.69, 9.17) is 4.74 Å². The van der Waals surface area contributed by atoms with Gasteiger partial charge < -0.3 is 20.3 Å². The number of amides is 3. The van der Waals surface area contributed by atoms with Gasteiger partial charge in [-0.1, -0.05) is 60.2 Å². The molecule has 2 rings (SSSR count). The Morgan fingerprint density at radius 3 is 2.16 bits per heavy atom. The summed E-state index contributed by atoms with van der Waals surface area (Å²) >= 11 is 0. The Morgan fingerprint density at radius 2 is 1.58 bits per heavy atom. The summed E-state index contributed by atoms with van der Waals surface area (Å²) < 4.78 is 5.16. The number of hydrogen-bond donors (Lipinski definition) is 2. The van der Waals surface area contributed by atoms with Gasteiger partial charge >= 0.3 is 6.09 Å². The molecule has 7 heteroatoms. The van der Waals surface area contributed by atoms with E-state index in [2.05, 4.69) is 10.6 Å². The lowest BCUT2D eigenvalue weighted by Gasteiger charge is -2.28. The number of alkyl carbamates (subject to hydrolysis) is 1. The van der Waals surface area contributed by atoms with E-state index >= 15 is 0 Å². The third-order valence-corrected chi connectivity index (χ3v) is 4.51. The van der Waals surface area contributed by atoms with Crippen LogP contribution in [0, 0.1) is 6.92 Å². The van der Waals surface area contributed by atoms with Crippen LogP contribution in [-0.2, 0) is 20.9 Å². The summed E-state index contributed by atoms with van der Waals surface area (Å²) in [5.41, 5.74) is 2.02. The van der Waals surface area contributed by atoms with Gasteiger partial charge in [0, 0.05) is 13.6 Å². The minimum absolute atomic E-state index is 0.278. The number of carbonyl (C=O) groups is 3. The molecule has 2 N–H and O–H groups in total. The van der Waals surface area contributed by atoms with Crippen LogP contribution in [0.2, 0.25) is 0 Å². The van der Waals surface area contributed by atoms with E-state index in [1.165, 1.54) is 4.90 Å². The summed E-state index contributed by atoms with van der Waals surface area (Å²) in [5.74, 6) is -0.716. The van der Waals surface area contributed by atoms with Crippen LogP contribution in [0.25, 0.3) is 0 Å². The lowest BCUT2D eigenvalue weighted by atomic mass is 10.0. The van der Waals surface area contributed by atoms with Crippen LogP contribution in [0.1, 0.15) is 43.5 Å². The number of nitrogens with zero attached hydrogens (tertiary/aromatic N) is 1. The molecule has 0 spiro atoms. The Bertz CT molecular complexity index is 889. The summed E-state index contributed by atoms with van der Waals surface area (Å²) in [6.07, 6.45) is -0.685. The normalized spacial score (nSPS) is 11.9. The molecule has 0 fully saturated rings. The molecule has 0 radical (unpaired) electrons. The molecule has 1 unspecified atom stereocenters. The standard InChI is InChI=1S/C24H31N3O4/c1-17-11-13-19(14-12-17)21(22(29)25-15-18-9-7-6-8-10-18)27(5)20(28)16-26-23(30)31-24(2,3)4/h6-14,21H,15-16H2,1-5H3,(H,25,29)(H,26,30). The first-order valence-electron chi connectivity index (χ1n) is 10.2. The first kappa shape index (κ1) is 23.9. The number of aryl methyl sites for hydroxylation is 1. The van der Waals surface area contributed by atoms with Gasteiger partial charge in [0.2, 0.25) is 11.8 Å². The van der Waals surface area contributed by atoms with Gasteiger partial charge in [0.05, 0.1) is 0 Å². The van der Waals surface area contributed by atoms with Gasteiger partial charge in [-0.3, -0.25) is 9.59 Å². The average molecular weight is 426 g/mol. The number of benzene rings is 2. The molecule has 166 valence electrons. The molecule has 3 amide bonds. The van der Waals surface area contributed by atoms with Gasteiger partial charge in [-0.25, -0.2) is 4.79 Å². The highest BCUT2D eigenvalue weighted by molar-refractivity contribution is 5.90. The van der Waals surface area contributed by atoms with E-state index in [1.807, 2.05) is 61.5 Å². The van der Waals surface area contributed by atoms with Crippen molar-refractivity contribution in [3.05, 3.63) is 71.3 Å². The minimum Gasteiger partial charge on any atom is -0.444 e. The molecule has 1 atom stereocenters. The predicted molar refractivity (Wildman–Crippen MR) is 119 cm³/mol. The maximum absolute atomic E-state index is 13.1. The molecule has 0 saturated heterocycles. The van der Waals surface area contributed by atoms with Crippen molar-refractivity contribution < 1.29 is 19.1 Å². The summed E-state index contributed by atoms with van der Waals surface area (Å²) in [4.78, 5) is 39.0. The number of hydrogen-bond acceptors (Lipinski definition) is 4. The molecule has 2 aromatic carbocycles. The zero-order valence-electron chi connectivity index (χ0n) is 18.8. The predicted octanol–water partition coefficient (Wildman–Crippen LogP) is 3.34. The van der Waals surface area contributed by atoms with Gasteiger partial charge in [-0.2, -0.15) is 0 Å². The highest BCUT2D eigenvalue weighted by Crippen LogP contribution is 2.21. The van der Waals surface area contributed by atoms with Gasteiger partial charge in [-0.05, 0) is 38.8 Å². The maximum Gasteiger partial charge on any atom is 0.408 e. The number of likely N-dealkylation sites (N-methyl/N-ethyl adjacent to an activating group) is 1. The number of carbonyl (C=O) groups excluding carboxylic acids is 3. The van der Waals surface area contributed by atoms with Crippen LogP contribution in [0.4, 0.5) is 4.79 Å². The van der Waals surface area contributed by atoms with Gasteiger partial charge in [-0.15, -0.1) is 0 Å². The Labute approximate surface area is 183 Å². The third kappa shape index (κ3) is 7.77. The summed E-state index contributed by atoms with van der Waals surface area (Å²) in [6, 6.07) is 16.1. The highest BCUT2D eigenvalue weighted by atomic mass is 16.6. The molecule has 2 aromatic rings. The van der Waals surface area contributed by atoms with Crippen LogP contribution in [-0.4, -0.2) is 42.0 Å². The average Bonchev–Trinajstić information content (AvgIpc) is 2.71. The van der Waals surface area contributed by atoms with Crippen LogP contribution >= 0.6 is 0 Å². The summed E-state index contributed by atoms with van der Waals surface area (Å²) in [6.45, 7) is 7.24. The smallest absolute Gasteiger partial charge is 0.408 e. The molecule has 0 aromatic heterocycles. The number of ether oxygens (including phenoxy) is 1. The molecular weight excluding hydrogens is 394 g/mol. The van der Waals surface area contributed by atoms with Crippen molar-refractivity contribution >= 4 is 17.9 Å². The van der Waals surface area contributed by atoms with Crippen molar-refractivity contribution in [3.8, 4) is 0 Å². The maximum atomic E-state index is 13.1. The van der Waals surface area contributed by atoms with Gasteiger partial charge in [0.25, 0.3) is 0 Å². The zero-order chi connectivity index (χ0) is 23.0. The van der Waals surface area contributed by atoms with E-state index in [0.29, 0.717) is 12.1 Å². The van der Waals surface area contributed by atoms with Gasteiger partial charge in [0.15, 0.2) is 0 Å². The van der Waals surface area contributed by atoms with Crippen molar-refractivity contribution in [3.63, 3.8) is 0 Å². The molecular formula is C24H31N3O4. The first-order chi connectivity index (χ1) is 14.6. The topological polar surface area (TPSA) is 87.7 Å². The second kappa shape index (κ2) is 10.6. The van der Waals surface area contributed by atoms with E-state index in [0.717, 1.165) is 11.1 Å². The molecule has 0 bridgehead atoms. The van der Waals surface area contributed by atoms with Crippen molar-refractivity contribution in [2.24, 2.45) is 0 Å². The van der Waals surface area contributed by atoms with E-state index in [9.17, 15) is 14.4 Å². The molecule has 0 aliphatic heterocycles. The van der Waals surface area contributed by atoms with Crippen LogP contribution < -0.4 is 10.6 Å². The second-order valence-electron chi connectivity index (χ2n) is 8.38. The fourth-order valence-electron chi connectivity index (χ4n) is 2.91. The Morgan fingerprint density at radius 1 is 0.968 bits per heavy atom. The van der Waals surface area contributed by atoms with E-state index in [1.54, 1.807) is 27.8 Å². The Hall–Kier alpha value is -3.35. The van der Waals surface area contributed by atoms with Crippen molar-refractivity contribution in [2.75, 3.05) is 13.6 Å².